The second kappa shape index (κ2) is 6.64. The Morgan fingerprint density at radius 2 is 2.04 bits per heavy atom. The quantitative estimate of drug-likeness (QED) is 0.693. The fraction of sp³-hybridized carbons (Fsp3) is 0.409. The molecule has 0 radical (unpaired) electrons. The maximum atomic E-state index is 12.8. The van der Waals surface area contributed by atoms with Crippen molar-refractivity contribution in [2.24, 2.45) is 0 Å². The number of likely N-dealkylation sites (tertiary alicyclic amines) is 1. The minimum absolute atomic E-state index is 0.0675. The van der Waals surface area contributed by atoms with Gasteiger partial charge in [0.15, 0.2) is 0 Å². The second-order valence-electron chi connectivity index (χ2n) is 7.85. The monoisotopic (exact) mass is 395 g/mol. The summed E-state index contributed by atoms with van der Waals surface area (Å²) in [6, 6.07) is 10.2. The molecule has 0 saturated carbocycles. The molecule has 2 aliphatic rings. The number of aromatic amines is 1. The molecule has 2 aliphatic heterocycles. The molecule has 1 aromatic carbocycles. The number of thiophene rings is 1. The molecular weight excluding hydrogens is 370 g/mol. The number of aromatic nitrogens is 1. The third-order valence-corrected chi connectivity index (χ3v) is 7.27. The molecule has 0 aliphatic carbocycles. The number of benzene rings is 1. The average Bonchev–Trinajstić information content (AvgIpc) is 3.32. The van der Waals surface area contributed by atoms with E-state index in [1.165, 1.54) is 27.0 Å². The standard InChI is InChI=1S/C22H25N3O2S/c1-14-3-6-19(28-14)21(26)25-11-8-22(9-12-25)20-16(7-10-23-22)17-13-15(27-2)4-5-18(17)24-20/h3-6,13,23-24H,7-12H2,1-2H3. The molecule has 3 aromatic rings. The van der Waals surface area contributed by atoms with Gasteiger partial charge in [-0.2, -0.15) is 0 Å². The smallest absolute Gasteiger partial charge is 0.263 e. The molecule has 28 heavy (non-hydrogen) atoms. The van der Waals surface area contributed by atoms with Crippen LogP contribution < -0.4 is 10.1 Å². The summed E-state index contributed by atoms with van der Waals surface area (Å²) in [7, 11) is 1.71. The summed E-state index contributed by atoms with van der Waals surface area (Å²) in [4.78, 5) is 20.6. The lowest BCUT2D eigenvalue weighted by atomic mass is 9.79. The van der Waals surface area contributed by atoms with E-state index in [-0.39, 0.29) is 11.4 Å². The maximum absolute atomic E-state index is 12.8. The fourth-order valence-electron chi connectivity index (χ4n) is 4.76. The number of amides is 1. The van der Waals surface area contributed by atoms with Crippen LogP contribution in [0.25, 0.3) is 10.9 Å². The van der Waals surface area contributed by atoms with E-state index in [0.717, 1.165) is 49.5 Å². The van der Waals surface area contributed by atoms with Crippen LogP contribution >= 0.6 is 11.3 Å². The normalized spacial score (nSPS) is 18.4. The molecule has 6 heteroatoms. The van der Waals surface area contributed by atoms with Crippen molar-refractivity contribution in [2.45, 2.75) is 31.7 Å². The zero-order valence-corrected chi connectivity index (χ0v) is 17.1. The molecule has 0 bridgehead atoms. The lowest BCUT2D eigenvalue weighted by Crippen LogP contribution is -2.55. The number of piperidine rings is 1. The van der Waals surface area contributed by atoms with Crippen LogP contribution in [0, 0.1) is 6.92 Å². The number of aryl methyl sites for hydroxylation is 1. The molecule has 5 rings (SSSR count). The van der Waals surface area contributed by atoms with E-state index >= 15 is 0 Å². The van der Waals surface area contributed by atoms with E-state index < -0.39 is 0 Å². The highest BCUT2D eigenvalue weighted by molar-refractivity contribution is 7.13. The fourth-order valence-corrected chi connectivity index (χ4v) is 5.60. The topological polar surface area (TPSA) is 57.4 Å². The van der Waals surface area contributed by atoms with Gasteiger partial charge in [-0.05, 0) is 62.1 Å². The molecule has 1 saturated heterocycles. The molecular formula is C22H25N3O2S. The van der Waals surface area contributed by atoms with Crippen LogP contribution in [0.5, 0.6) is 5.75 Å². The number of nitrogens with zero attached hydrogens (tertiary/aromatic N) is 1. The first-order chi connectivity index (χ1) is 13.6. The molecule has 1 spiro atoms. The van der Waals surface area contributed by atoms with Gasteiger partial charge < -0.3 is 19.9 Å². The second-order valence-corrected chi connectivity index (χ2v) is 9.14. The zero-order valence-electron chi connectivity index (χ0n) is 16.3. The van der Waals surface area contributed by atoms with E-state index in [2.05, 4.69) is 22.4 Å². The minimum atomic E-state index is -0.0675. The van der Waals surface area contributed by atoms with Crippen molar-refractivity contribution < 1.29 is 9.53 Å². The third-order valence-electron chi connectivity index (χ3n) is 6.29. The van der Waals surface area contributed by atoms with Crippen LogP contribution in [0.15, 0.2) is 30.3 Å². The summed E-state index contributed by atoms with van der Waals surface area (Å²) < 4.78 is 5.43. The largest absolute Gasteiger partial charge is 0.497 e. The molecule has 4 heterocycles. The van der Waals surface area contributed by atoms with Crippen LogP contribution in [0.2, 0.25) is 0 Å². The lowest BCUT2D eigenvalue weighted by Gasteiger charge is -2.44. The highest BCUT2D eigenvalue weighted by atomic mass is 32.1. The molecule has 2 aromatic heterocycles. The first-order valence-corrected chi connectivity index (χ1v) is 10.7. The summed E-state index contributed by atoms with van der Waals surface area (Å²) in [5.74, 6) is 1.07. The Morgan fingerprint density at radius 1 is 1.21 bits per heavy atom. The molecule has 2 N–H and O–H groups in total. The molecule has 0 unspecified atom stereocenters. The number of methoxy groups -OCH3 is 1. The molecule has 146 valence electrons. The number of carbonyl (C=O) groups is 1. The Morgan fingerprint density at radius 3 is 2.75 bits per heavy atom. The summed E-state index contributed by atoms with van der Waals surface area (Å²) in [6.07, 6.45) is 2.88. The van der Waals surface area contributed by atoms with Crippen LogP contribution in [0.3, 0.4) is 0 Å². The Bertz CT molecular complexity index is 1040. The lowest BCUT2D eigenvalue weighted by molar-refractivity contribution is 0.0631. The first-order valence-electron chi connectivity index (χ1n) is 9.89. The minimum Gasteiger partial charge on any atom is -0.497 e. The Kier molecular flexibility index (Phi) is 4.21. The van der Waals surface area contributed by atoms with Crippen LogP contribution in [0.1, 0.15) is 38.6 Å². The van der Waals surface area contributed by atoms with Crippen molar-refractivity contribution in [3.63, 3.8) is 0 Å². The number of hydrogen-bond donors (Lipinski definition) is 2. The van der Waals surface area contributed by atoms with Crippen molar-refractivity contribution in [1.82, 2.24) is 15.2 Å². The van der Waals surface area contributed by atoms with Gasteiger partial charge in [-0.1, -0.05) is 0 Å². The number of H-pyrrole nitrogens is 1. The number of hydrogen-bond acceptors (Lipinski definition) is 4. The van der Waals surface area contributed by atoms with E-state index in [1.54, 1.807) is 18.4 Å². The summed E-state index contributed by atoms with van der Waals surface area (Å²) in [6.45, 7) is 4.57. The van der Waals surface area contributed by atoms with Gasteiger partial charge in [-0.25, -0.2) is 0 Å². The van der Waals surface area contributed by atoms with E-state index in [0.29, 0.717) is 0 Å². The van der Waals surface area contributed by atoms with E-state index in [1.807, 2.05) is 30.0 Å². The van der Waals surface area contributed by atoms with Gasteiger partial charge in [0.25, 0.3) is 5.91 Å². The van der Waals surface area contributed by atoms with Gasteiger partial charge in [0, 0.05) is 41.1 Å². The van der Waals surface area contributed by atoms with Crippen LogP contribution in [-0.4, -0.2) is 42.5 Å². The van der Waals surface area contributed by atoms with Crippen LogP contribution in [-0.2, 0) is 12.0 Å². The molecule has 1 amide bonds. The Labute approximate surface area is 168 Å². The number of ether oxygens (including phenoxy) is 1. The number of fused-ring (bicyclic) bond motifs is 4. The number of rotatable bonds is 2. The van der Waals surface area contributed by atoms with Crippen molar-refractivity contribution >= 4 is 28.1 Å². The van der Waals surface area contributed by atoms with Crippen molar-refractivity contribution in [3.8, 4) is 5.75 Å². The van der Waals surface area contributed by atoms with Gasteiger partial charge >= 0.3 is 0 Å². The Hall–Kier alpha value is -2.31. The van der Waals surface area contributed by atoms with Crippen LogP contribution in [0.4, 0.5) is 0 Å². The average molecular weight is 396 g/mol. The molecule has 0 atom stereocenters. The maximum Gasteiger partial charge on any atom is 0.263 e. The van der Waals surface area contributed by atoms with Gasteiger partial charge in [0.1, 0.15) is 5.75 Å². The highest BCUT2D eigenvalue weighted by Gasteiger charge is 2.42. The number of carbonyl (C=O) groups excluding carboxylic acids is 1. The summed E-state index contributed by atoms with van der Waals surface area (Å²) in [5, 5.41) is 5.05. The SMILES string of the molecule is COc1ccc2[nH]c3c(c2c1)CCNC31CCN(C(=O)c2ccc(C)s2)CC1. The van der Waals surface area contributed by atoms with Crippen molar-refractivity contribution in [2.75, 3.05) is 26.7 Å². The van der Waals surface area contributed by atoms with E-state index in [4.69, 9.17) is 4.74 Å². The van der Waals surface area contributed by atoms with Crippen molar-refractivity contribution in [1.29, 1.82) is 0 Å². The molecule has 5 nitrogen and oxygen atoms in total. The third kappa shape index (κ3) is 2.74. The number of nitrogens with one attached hydrogen (secondary N) is 2. The summed E-state index contributed by atoms with van der Waals surface area (Å²) in [5.41, 5.74) is 3.81. The van der Waals surface area contributed by atoms with Gasteiger partial charge in [-0.3, -0.25) is 4.79 Å². The van der Waals surface area contributed by atoms with Crippen molar-refractivity contribution in [3.05, 3.63) is 51.3 Å². The highest BCUT2D eigenvalue weighted by Crippen LogP contribution is 2.41. The van der Waals surface area contributed by atoms with Gasteiger partial charge in [-0.15, -0.1) is 11.3 Å². The predicted octanol–water partition coefficient (Wildman–Crippen LogP) is 3.82. The summed E-state index contributed by atoms with van der Waals surface area (Å²) >= 11 is 1.59. The van der Waals surface area contributed by atoms with Gasteiger partial charge in [0.05, 0.1) is 17.5 Å². The molecule has 1 fully saturated rings. The van der Waals surface area contributed by atoms with Gasteiger partial charge in [0.2, 0.25) is 0 Å². The Balaban J connectivity index is 1.43. The zero-order chi connectivity index (χ0) is 19.3. The van der Waals surface area contributed by atoms with E-state index in [9.17, 15) is 4.79 Å². The predicted molar refractivity (Wildman–Crippen MR) is 112 cm³/mol. The first kappa shape index (κ1) is 17.8.